The van der Waals surface area contributed by atoms with Crippen LogP contribution < -0.4 is 5.73 Å². The number of aromatic nitrogens is 3. The highest BCUT2D eigenvalue weighted by Crippen LogP contribution is 2.18. The highest BCUT2D eigenvalue weighted by molar-refractivity contribution is 6.30. The van der Waals surface area contributed by atoms with Gasteiger partial charge in [0.15, 0.2) is 0 Å². The van der Waals surface area contributed by atoms with Crippen molar-refractivity contribution in [2.75, 3.05) is 0 Å². The minimum Gasteiger partial charge on any atom is -0.337 e. The van der Waals surface area contributed by atoms with Crippen LogP contribution in [0.25, 0.3) is 11.5 Å². The van der Waals surface area contributed by atoms with E-state index in [2.05, 4.69) is 15.1 Å². The van der Waals surface area contributed by atoms with Crippen molar-refractivity contribution in [2.24, 2.45) is 5.73 Å². The summed E-state index contributed by atoms with van der Waals surface area (Å²) in [4.78, 5) is 8.26. The van der Waals surface area contributed by atoms with E-state index < -0.39 is 0 Å². The number of halogens is 1. The van der Waals surface area contributed by atoms with E-state index in [4.69, 9.17) is 21.9 Å². The third-order valence-electron chi connectivity index (χ3n) is 2.16. The van der Waals surface area contributed by atoms with Crippen LogP contribution in [0.15, 0.2) is 22.9 Å². The van der Waals surface area contributed by atoms with E-state index in [0.717, 1.165) is 6.42 Å². The van der Waals surface area contributed by atoms with Gasteiger partial charge in [-0.25, -0.2) is 0 Å². The van der Waals surface area contributed by atoms with Crippen LogP contribution in [0.2, 0.25) is 5.02 Å². The van der Waals surface area contributed by atoms with Gasteiger partial charge in [-0.15, -0.1) is 0 Å². The van der Waals surface area contributed by atoms with Gasteiger partial charge in [0.1, 0.15) is 5.69 Å². The molecule has 0 unspecified atom stereocenters. The Morgan fingerprint density at radius 3 is 2.94 bits per heavy atom. The van der Waals surface area contributed by atoms with Gasteiger partial charge in [-0.2, -0.15) is 4.98 Å². The van der Waals surface area contributed by atoms with Crippen molar-refractivity contribution in [3.05, 3.63) is 29.2 Å². The molecule has 0 spiro atoms. The van der Waals surface area contributed by atoms with E-state index in [-0.39, 0.29) is 6.04 Å². The number of rotatable bonds is 3. The normalized spacial score (nSPS) is 12.7. The number of nitrogens with zero attached hydrogens (tertiary/aromatic N) is 3. The lowest BCUT2D eigenvalue weighted by molar-refractivity contribution is 0.352. The van der Waals surface area contributed by atoms with Crippen LogP contribution in [0.1, 0.15) is 25.3 Å². The van der Waals surface area contributed by atoms with Crippen LogP contribution in [-0.4, -0.2) is 15.1 Å². The van der Waals surface area contributed by atoms with Crippen LogP contribution in [-0.2, 0) is 0 Å². The maximum atomic E-state index is 5.77. The fourth-order valence-corrected chi connectivity index (χ4v) is 1.28. The monoisotopic (exact) mass is 238 g/mol. The summed E-state index contributed by atoms with van der Waals surface area (Å²) in [6.45, 7) is 1.95. The summed E-state index contributed by atoms with van der Waals surface area (Å²) in [5, 5.41) is 4.38. The summed E-state index contributed by atoms with van der Waals surface area (Å²) in [6.07, 6.45) is 2.28. The van der Waals surface area contributed by atoms with Crippen molar-refractivity contribution in [3.8, 4) is 11.5 Å². The average molecular weight is 239 g/mol. The molecule has 0 fully saturated rings. The van der Waals surface area contributed by atoms with Crippen molar-refractivity contribution in [1.29, 1.82) is 0 Å². The molecule has 0 saturated heterocycles. The molecular formula is C10H11ClN4O. The molecule has 5 nitrogen and oxygen atoms in total. The molecule has 2 heterocycles. The second kappa shape index (κ2) is 4.59. The van der Waals surface area contributed by atoms with Crippen molar-refractivity contribution in [2.45, 2.75) is 19.4 Å². The zero-order valence-corrected chi connectivity index (χ0v) is 9.48. The molecule has 0 saturated carbocycles. The van der Waals surface area contributed by atoms with E-state index >= 15 is 0 Å². The Labute approximate surface area is 97.6 Å². The third kappa shape index (κ3) is 2.20. The zero-order valence-electron chi connectivity index (χ0n) is 8.72. The second-order valence-electron chi connectivity index (χ2n) is 3.33. The Morgan fingerprint density at radius 1 is 1.50 bits per heavy atom. The summed E-state index contributed by atoms with van der Waals surface area (Å²) in [6, 6.07) is 3.22. The van der Waals surface area contributed by atoms with Crippen LogP contribution in [0, 0.1) is 0 Å². The molecular weight excluding hydrogens is 228 g/mol. The van der Waals surface area contributed by atoms with E-state index in [9.17, 15) is 0 Å². The lowest BCUT2D eigenvalue weighted by Crippen LogP contribution is -2.08. The molecule has 0 aliphatic heterocycles. The number of nitrogens with two attached hydrogens (primary N) is 1. The first-order valence-corrected chi connectivity index (χ1v) is 5.29. The molecule has 2 rings (SSSR count). The van der Waals surface area contributed by atoms with Crippen molar-refractivity contribution < 1.29 is 4.52 Å². The summed E-state index contributed by atoms with van der Waals surface area (Å²) < 4.78 is 5.04. The molecule has 2 aromatic rings. The Balaban J connectivity index is 2.28. The first-order chi connectivity index (χ1) is 7.70. The largest absolute Gasteiger partial charge is 0.337 e. The van der Waals surface area contributed by atoms with Gasteiger partial charge in [0.05, 0.1) is 11.1 Å². The molecule has 2 N–H and O–H groups in total. The Hall–Kier alpha value is -1.46. The fraction of sp³-hybridized carbons (Fsp3) is 0.300. The van der Waals surface area contributed by atoms with Gasteiger partial charge < -0.3 is 10.3 Å². The Bertz CT molecular complexity index is 468. The predicted molar refractivity (Wildman–Crippen MR) is 59.8 cm³/mol. The Morgan fingerprint density at radius 2 is 2.31 bits per heavy atom. The topological polar surface area (TPSA) is 77.8 Å². The van der Waals surface area contributed by atoms with Crippen LogP contribution in [0.4, 0.5) is 0 Å². The molecule has 2 aromatic heterocycles. The van der Waals surface area contributed by atoms with E-state index in [1.807, 2.05) is 6.92 Å². The predicted octanol–water partition coefficient (Wildman–Crippen LogP) is 2.19. The lowest BCUT2D eigenvalue weighted by atomic mass is 10.2. The van der Waals surface area contributed by atoms with Gasteiger partial charge in [-0.05, 0) is 18.6 Å². The highest BCUT2D eigenvalue weighted by Gasteiger charge is 2.14. The van der Waals surface area contributed by atoms with Gasteiger partial charge in [0.2, 0.25) is 11.7 Å². The third-order valence-corrected chi connectivity index (χ3v) is 2.38. The fourth-order valence-electron chi connectivity index (χ4n) is 1.17. The molecule has 0 amide bonds. The maximum Gasteiger partial charge on any atom is 0.243 e. The van der Waals surface area contributed by atoms with Crippen molar-refractivity contribution in [1.82, 2.24) is 15.1 Å². The number of hydrogen-bond acceptors (Lipinski definition) is 5. The highest BCUT2D eigenvalue weighted by atomic mass is 35.5. The van der Waals surface area contributed by atoms with Gasteiger partial charge in [-0.3, -0.25) is 4.98 Å². The van der Waals surface area contributed by atoms with E-state index in [1.54, 1.807) is 12.1 Å². The molecule has 0 bridgehead atoms. The SMILES string of the molecule is CC[C@@H](N)c1nc(-c2ccc(Cl)cn2)no1. The van der Waals surface area contributed by atoms with Gasteiger partial charge in [-0.1, -0.05) is 23.7 Å². The molecule has 6 heteroatoms. The summed E-state index contributed by atoms with van der Waals surface area (Å²) >= 11 is 5.73. The molecule has 0 radical (unpaired) electrons. The number of hydrogen-bond donors (Lipinski definition) is 1. The first-order valence-electron chi connectivity index (χ1n) is 4.92. The maximum absolute atomic E-state index is 5.77. The first kappa shape index (κ1) is 11.0. The molecule has 16 heavy (non-hydrogen) atoms. The van der Waals surface area contributed by atoms with Crippen molar-refractivity contribution >= 4 is 11.6 Å². The summed E-state index contributed by atoms with van der Waals surface area (Å²) in [5.41, 5.74) is 6.39. The van der Waals surface area contributed by atoms with Gasteiger partial charge in [0.25, 0.3) is 0 Å². The Kier molecular flexibility index (Phi) is 3.17. The van der Waals surface area contributed by atoms with Crippen LogP contribution >= 0.6 is 11.6 Å². The molecule has 0 aromatic carbocycles. The average Bonchev–Trinajstić information content (AvgIpc) is 2.78. The van der Waals surface area contributed by atoms with E-state index in [0.29, 0.717) is 22.4 Å². The van der Waals surface area contributed by atoms with Gasteiger partial charge >= 0.3 is 0 Å². The second-order valence-corrected chi connectivity index (χ2v) is 3.77. The van der Waals surface area contributed by atoms with Crippen LogP contribution in [0.5, 0.6) is 0 Å². The quantitative estimate of drug-likeness (QED) is 0.887. The van der Waals surface area contributed by atoms with Crippen molar-refractivity contribution in [3.63, 3.8) is 0 Å². The summed E-state index contributed by atoms with van der Waals surface area (Å²) in [7, 11) is 0. The molecule has 84 valence electrons. The van der Waals surface area contributed by atoms with Crippen LogP contribution in [0.3, 0.4) is 0 Å². The minimum atomic E-state index is -0.228. The smallest absolute Gasteiger partial charge is 0.243 e. The number of pyridine rings is 1. The standard InChI is InChI=1S/C10H11ClN4O/c1-2-7(12)10-14-9(15-16-10)8-4-3-6(11)5-13-8/h3-5,7H,2,12H2,1H3/t7-/m1/s1. The molecule has 0 aliphatic carbocycles. The minimum absolute atomic E-state index is 0.228. The van der Waals surface area contributed by atoms with E-state index in [1.165, 1.54) is 6.20 Å². The molecule has 0 aliphatic rings. The zero-order chi connectivity index (χ0) is 11.5. The lowest BCUT2D eigenvalue weighted by Gasteiger charge is -1.99. The summed E-state index contributed by atoms with van der Waals surface area (Å²) in [5.74, 6) is 0.852. The molecule has 1 atom stereocenters. The van der Waals surface area contributed by atoms with Gasteiger partial charge in [0, 0.05) is 6.20 Å².